The van der Waals surface area contributed by atoms with Gasteiger partial charge >= 0.3 is 0 Å². The molecule has 0 amide bonds. The van der Waals surface area contributed by atoms with E-state index in [9.17, 15) is 9.50 Å². The second-order valence-corrected chi connectivity index (χ2v) is 5.20. The second kappa shape index (κ2) is 6.74. The molecule has 1 saturated carbocycles. The Morgan fingerprint density at radius 2 is 1.78 bits per heavy atom. The number of phenols is 1. The average Bonchev–Trinajstić information content (AvgIpc) is 2.32. The van der Waals surface area contributed by atoms with Crippen molar-refractivity contribution in [2.45, 2.75) is 57.5 Å². The molecule has 1 aliphatic carbocycles. The molecule has 2 rings (SSSR count). The summed E-state index contributed by atoms with van der Waals surface area (Å²) in [6, 6.07) is 4.62. The van der Waals surface area contributed by atoms with Gasteiger partial charge in [-0.3, -0.25) is 0 Å². The minimum Gasteiger partial charge on any atom is -0.508 e. The van der Waals surface area contributed by atoms with Gasteiger partial charge in [0.2, 0.25) is 0 Å². The van der Waals surface area contributed by atoms with E-state index in [4.69, 9.17) is 0 Å². The van der Waals surface area contributed by atoms with Gasteiger partial charge in [0.15, 0.2) is 0 Å². The van der Waals surface area contributed by atoms with Crippen molar-refractivity contribution in [3.63, 3.8) is 0 Å². The summed E-state index contributed by atoms with van der Waals surface area (Å²) in [4.78, 5) is 0. The van der Waals surface area contributed by atoms with E-state index >= 15 is 0 Å². The summed E-state index contributed by atoms with van der Waals surface area (Å²) in [5, 5.41) is 13.1. The zero-order valence-electron chi connectivity index (χ0n) is 10.8. The van der Waals surface area contributed by atoms with E-state index in [0.29, 0.717) is 18.2 Å². The minimum absolute atomic E-state index is 0.176. The summed E-state index contributed by atoms with van der Waals surface area (Å²) < 4.78 is 13.1. The van der Waals surface area contributed by atoms with Crippen LogP contribution in [-0.2, 0) is 6.54 Å². The van der Waals surface area contributed by atoms with Crippen molar-refractivity contribution >= 4 is 0 Å². The van der Waals surface area contributed by atoms with Crippen LogP contribution in [-0.4, -0.2) is 11.1 Å². The lowest BCUT2D eigenvalue weighted by molar-refractivity contribution is 0.384. The summed E-state index contributed by atoms with van der Waals surface area (Å²) in [5.41, 5.74) is 0.650. The van der Waals surface area contributed by atoms with E-state index in [1.165, 1.54) is 63.1 Å². The van der Waals surface area contributed by atoms with Gasteiger partial charge in [-0.15, -0.1) is 0 Å². The summed E-state index contributed by atoms with van der Waals surface area (Å²) in [7, 11) is 0. The van der Waals surface area contributed by atoms with Crippen LogP contribution in [0.1, 0.15) is 50.5 Å². The number of nitrogens with one attached hydrogen (secondary N) is 1. The van der Waals surface area contributed by atoms with Crippen LogP contribution in [0.4, 0.5) is 4.39 Å². The molecule has 0 spiro atoms. The van der Waals surface area contributed by atoms with Gasteiger partial charge in [0.05, 0.1) is 0 Å². The maximum atomic E-state index is 13.1. The van der Waals surface area contributed by atoms with Crippen LogP contribution < -0.4 is 5.32 Å². The number of benzene rings is 1. The van der Waals surface area contributed by atoms with Crippen LogP contribution in [0.15, 0.2) is 18.2 Å². The number of phenolic OH excluding ortho intramolecular Hbond substituents is 1. The molecule has 0 saturated heterocycles. The highest BCUT2D eigenvalue weighted by Gasteiger charge is 2.11. The lowest BCUT2D eigenvalue weighted by Crippen LogP contribution is -2.29. The van der Waals surface area contributed by atoms with Crippen LogP contribution in [0.5, 0.6) is 5.75 Å². The zero-order valence-corrected chi connectivity index (χ0v) is 10.8. The third kappa shape index (κ3) is 3.98. The monoisotopic (exact) mass is 251 g/mol. The molecule has 2 nitrogen and oxygen atoms in total. The molecule has 0 heterocycles. The smallest absolute Gasteiger partial charge is 0.123 e. The Hall–Kier alpha value is -1.09. The molecule has 0 radical (unpaired) electrons. The molecule has 100 valence electrons. The fourth-order valence-corrected chi connectivity index (χ4v) is 2.61. The van der Waals surface area contributed by atoms with E-state index in [-0.39, 0.29) is 11.6 Å². The predicted molar refractivity (Wildman–Crippen MR) is 71.0 cm³/mol. The van der Waals surface area contributed by atoms with Crippen molar-refractivity contribution < 1.29 is 9.50 Å². The number of hydrogen-bond donors (Lipinski definition) is 2. The van der Waals surface area contributed by atoms with Crippen LogP contribution in [0, 0.1) is 5.82 Å². The quantitative estimate of drug-likeness (QED) is 0.857. The Balaban J connectivity index is 1.87. The largest absolute Gasteiger partial charge is 0.508 e. The van der Waals surface area contributed by atoms with E-state index in [1.54, 1.807) is 0 Å². The van der Waals surface area contributed by atoms with E-state index in [0.717, 1.165) is 0 Å². The van der Waals surface area contributed by atoms with Gasteiger partial charge < -0.3 is 10.4 Å². The second-order valence-electron chi connectivity index (χ2n) is 5.20. The highest BCUT2D eigenvalue weighted by atomic mass is 19.1. The Morgan fingerprint density at radius 1 is 1.11 bits per heavy atom. The molecule has 0 aromatic heterocycles. The lowest BCUT2D eigenvalue weighted by atomic mass is 9.96. The topological polar surface area (TPSA) is 32.3 Å². The molecule has 0 aliphatic heterocycles. The third-order valence-corrected chi connectivity index (χ3v) is 3.73. The number of rotatable bonds is 3. The summed E-state index contributed by atoms with van der Waals surface area (Å²) in [6.45, 7) is 0.550. The molecule has 1 aliphatic rings. The molecular formula is C15H22FNO. The SMILES string of the molecule is Oc1ccc(F)cc1CNC1CCCCCCC1. The van der Waals surface area contributed by atoms with Crippen LogP contribution in [0.2, 0.25) is 0 Å². The normalized spacial score (nSPS) is 18.3. The Morgan fingerprint density at radius 3 is 2.50 bits per heavy atom. The van der Waals surface area contributed by atoms with Crippen molar-refractivity contribution in [3.8, 4) is 5.75 Å². The first-order valence-corrected chi connectivity index (χ1v) is 6.96. The maximum Gasteiger partial charge on any atom is 0.123 e. The van der Waals surface area contributed by atoms with Crippen LogP contribution in [0.3, 0.4) is 0 Å². The van der Waals surface area contributed by atoms with E-state index in [1.807, 2.05) is 0 Å². The third-order valence-electron chi connectivity index (χ3n) is 3.73. The Labute approximate surface area is 108 Å². The number of hydrogen-bond acceptors (Lipinski definition) is 2. The lowest BCUT2D eigenvalue weighted by Gasteiger charge is -2.21. The van der Waals surface area contributed by atoms with Gasteiger partial charge in [-0.05, 0) is 31.0 Å². The molecule has 3 heteroatoms. The van der Waals surface area contributed by atoms with Crippen molar-refractivity contribution in [3.05, 3.63) is 29.6 Å². The molecule has 0 unspecified atom stereocenters. The van der Waals surface area contributed by atoms with Crippen molar-refractivity contribution in [1.82, 2.24) is 5.32 Å². The zero-order chi connectivity index (χ0) is 12.8. The summed E-state index contributed by atoms with van der Waals surface area (Å²) in [5.74, 6) is -0.114. The molecule has 0 bridgehead atoms. The van der Waals surface area contributed by atoms with Gasteiger partial charge in [-0.2, -0.15) is 0 Å². The van der Waals surface area contributed by atoms with Crippen LogP contribution >= 0.6 is 0 Å². The molecule has 1 fully saturated rings. The maximum absolute atomic E-state index is 13.1. The first-order valence-electron chi connectivity index (χ1n) is 6.96. The Bertz CT molecular complexity index is 373. The summed E-state index contributed by atoms with van der Waals surface area (Å²) >= 11 is 0. The first kappa shape index (κ1) is 13.3. The average molecular weight is 251 g/mol. The minimum atomic E-state index is -0.290. The first-order chi connectivity index (χ1) is 8.75. The van der Waals surface area contributed by atoms with Crippen LogP contribution in [0.25, 0.3) is 0 Å². The molecular weight excluding hydrogens is 229 g/mol. The van der Waals surface area contributed by atoms with Gasteiger partial charge in [0, 0.05) is 18.2 Å². The predicted octanol–water partition coefficient (Wildman–Crippen LogP) is 3.73. The van der Waals surface area contributed by atoms with Crippen molar-refractivity contribution in [2.24, 2.45) is 0 Å². The van der Waals surface area contributed by atoms with Gasteiger partial charge in [0.25, 0.3) is 0 Å². The molecule has 0 atom stereocenters. The highest BCUT2D eigenvalue weighted by Crippen LogP contribution is 2.20. The number of aromatic hydroxyl groups is 1. The van der Waals surface area contributed by atoms with Gasteiger partial charge in [-0.1, -0.05) is 32.1 Å². The molecule has 1 aromatic rings. The Kier molecular flexibility index (Phi) is 5.00. The van der Waals surface area contributed by atoms with E-state index < -0.39 is 0 Å². The summed E-state index contributed by atoms with van der Waals surface area (Å²) in [6.07, 6.45) is 8.93. The van der Waals surface area contributed by atoms with Crippen molar-refractivity contribution in [2.75, 3.05) is 0 Å². The van der Waals surface area contributed by atoms with E-state index in [2.05, 4.69) is 5.32 Å². The van der Waals surface area contributed by atoms with Gasteiger partial charge in [-0.25, -0.2) is 4.39 Å². The van der Waals surface area contributed by atoms with Crippen molar-refractivity contribution in [1.29, 1.82) is 0 Å². The molecule has 2 N–H and O–H groups in total. The van der Waals surface area contributed by atoms with Gasteiger partial charge in [0.1, 0.15) is 11.6 Å². The fraction of sp³-hybridized carbons (Fsp3) is 0.600. The molecule has 18 heavy (non-hydrogen) atoms. The molecule has 1 aromatic carbocycles. The fourth-order valence-electron chi connectivity index (χ4n) is 2.61. The highest BCUT2D eigenvalue weighted by molar-refractivity contribution is 5.32. The number of halogens is 1. The standard InChI is InChI=1S/C15H22FNO/c16-13-8-9-15(18)12(10-13)11-17-14-6-4-2-1-3-5-7-14/h8-10,14,17-18H,1-7,11H2.